The number of piperidine rings is 1. The van der Waals surface area contributed by atoms with Gasteiger partial charge in [0.1, 0.15) is 11.4 Å². The first-order chi connectivity index (χ1) is 13.0. The molecule has 142 valence electrons. The topological polar surface area (TPSA) is 45.7 Å². The van der Waals surface area contributed by atoms with Gasteiger partial charge in [-0.3, -0.25) is 14.7 Å². The zero-order valence-corrected chi connectivity index (χ0v) is 16.1. The summed E-state index contributed by atoms with van der Waals surface area (Å²) in [5, 5.41) is 0. The van der Waals surface area contributed by atoms with Crippen molar-refractivity contribution in [3.05, 3.63) is 59.4 Å². The van der Waals surface area contributed by atoms with Gasteiger partial charge in [0, 0.05) is 63.9 Å². The molecule has 5 nitrogen and oxygen atoms in total. The molecule has 5 heteroatoms. The van der Waals surface area contributed by atoms with Crippen LogP contribution in [-0.4, -0.2) is 45.9 Å². The first-order valence-corrected chi connectivity index (χ1v) is 9.68. The zero-order valence-electron chi connectivity index (χ0n) is 16.1. The van der Waals surface area contributed by atoms with Crippen molar-refractivity contribution in [2.24, 2.45) is 0 Å². The molecular formula is C22H27N3O2. The van der Waals surface area contributed by atoms with Gasteiger partial charge < -0.3 is 9.64 Å². The Bertz CT molecular complexity index is 814. The van der Waals surface area contributed by atoms with Crippen LogP contribution < -0.4 is 4.74 Å². The number of aromatic nitrogens is 1. The van der Waals surface area contributed by atoms with Crippen molar-refractivity contribution in [1.82, 2.24) is 14.8 Å². The van der Waals surface area contributed by atoms with Crippen LogP contribution >= 0.6 is 0 Å². The first-order valence-electron chi connectivity index (χ1n) is 9.68. The van der Waals surface area contributed by atoms with E-state index in [0.29, 0.717) is 13.1 Å². The molecule has 1 aromatic carbocycles. The molecule has 1 saturated heterocycles. The van der Waals surface area contributed by atoms with Crippen molar-refractivity contribution in [3.63, 3.8) is 0 Å². The lowest BCUT2D eigenvalue weighted by Crippen LogP contribution is -2.53. The maximum Gasteiger partial charge on any atom is 0.219 e. The minimum Gasteiger partial charge on any atom is -0.485 e. The van der Waals surface area contributed by atoms with Crippen LogP contribution in [0.1, 0.15) is 36.5 Å². The third-order valence-corrected chi connectivity index (χ3v) is 5.75. The molecule has 0 aliphatic carbocycles. The fraction of sp³-hybridized carbons (Fsp3) is 0.455. The average Bonchev–Trinajstić information content (AvgIpc) is 2.81. The maximum atomic E-state index is 12.2. The summed E-state index contributed by atoms with van der Waals surface area (Å²) in [6, 6.07) is 10.4. The van der Waals surface area contributed by atoms with Gasteiger partial charge >= 0.3 is 0 Å². The third kappa shape index (κ3) is 3.98. The largest absolute Gasteiger partial charge is 0.485 e. The van der Waals surface area contributed by atoms with E-state index in [0.717, 1.165) is 43.8 Å². The van der Waals surface area contributed by atoms with Crippen LogP contribution in [0.5, 0.6) is 5.75 Å². The molecule has 1 spiro atoms. The molecule has 4 rings (SSSR count). The summed E-state index contributed by atoms with van der Waals surface area (Å²) in [6.45, 7) is 7.91. The van der Waals surface area contributed by atoms with Gasteiger partial charge in [-0.05, 0) is 30.7 Å². The van der Waals surface area contributed by atoms with E-state index >= 15 is 0 Å². The second kappa shape index (κ2) is 7.31. The minimum absolute atomic E-state index is 0.117. The van der Waals surface area contributed by atoms with E-state index in [4.69, 9.17) is 4.74 Å². The van der Waals surface area contributed by atoms with Crippen molar-refractivity contribution < 1.29 is 9.53 Å². The summed E-state index contributed by atoms with van der Waals surface area (Å²) < 4.78 is 6.59. The van der Waals surface area contributed by atoms with Crippen LogP contribution in [0.2, 0.25) is 0 Å². The summed E-state index contributed by atoms with van der Waals surface area (Å²) in [7, 11) is 0. The maximum absolute atomic E-state index is 12.2. The predicted octanol–water partition coefficient (Wildman–Crippen LogP) is 3.17. The highest BCUT2D eigenvalue weighted by Gasteiger charge is 2.41. The van der Waals surface area contributed by atoms with Gasteiger partial charge in [0.25, 0.3) is 0 Å². The van der Waals surface area contributed by atoms with E-state index in [-0.39, 0.29) is 11.5 Å². The zero-order chi connectivity index (χ0) is 18.9. The molecule has 0 N–H and O–H groups in total. The van der Waals surface area contributed by atoms with Crippen molar-refractivity contribution in [2.75, 3.05) is 19.6 Å². The molecule has 1 amide bonds. The van der Waals surface area contributed by atoms with Crippen molar-refractivity contribution in [2.45, 2.75) is 45.4 Å². The van der Waals surface area contributed by atoms with E-state index in [1.807, 2.05) is 17.3 Å². The summed E-state index contributed by atoms with van der Waals surface area (Å²) in [4.78, 5) is 20.7. The normalized spacial score (nSPS) is 19.3. The highest BCUT2D eigenvalue weighted by Crippen LogP contribution is 2.36. The molecule has 0 radical (unpaired) electrons. The van der Waals surface area contributed by atoms with Gasteiger partial charge in [-0.15, -0.1) is 0 Å². The van der Waals surface area contributed by atoms with Crippen molar-refractivity contribution in [3.8, 4) is 5.75 Å². The number of carbonyl (C=O) groups is 1. The van der Waals surface area contributed by atoms with Gasteiger partial charge in [-0.1, -0.05) is 17.7 Å². The van der Waals surface area contributed by atoms with Crippen LogP contribution in [0, 0.1) is 6.92 Å². The number of pyridine rings is 1. The quantitative estimate of drug-likeness (QED) is 0.820. The lowest BCUT2D eigenvalue weighted by molar-refractivity contribution is -0.132. The number of amides is 1. The molecule has 0 atom stereocenters. The molecule has 2 aliphatic heterocycles. The van der Waals surface area contributed by atoms with E-state index in [1.165, 1.54) is 11.1 Å². The summed E-state index contributed by atoms with van der Waals surface area (Å²) >= 11 is 0. The molecule has 0 unspecified atom stereocenters. The van der Waals surface area contributed by atoms with E-state index in [1.54, 1.807) is 6.92 Å². The van der Waals surface area contributed by atoms with Crippen LogP contribution in [0.15, 0.2) is 42.7 Å². The Morgan fingerprint density at radius 1 is 1.19 bits per heavy atom. The second-order valence-corrected chi connectivity index (χ2v) is 7.90. The van der Waals surface area contributed by atoms with Crippen LogP contribution in [0.25, 0.3) is 0 Å². The average molecular weight is 365 g/mol. The van der Waals surface area contributed by atoms with Gasteiger partial charge in [-0.25, -0.2) is 0 Å². The number of benzene rings is 1. The summed E-state index contributed by atoms with van der Waals surface area (Å²) in [5.41, 5.74) is 3.31. The number of hydrogen-bond acceptors (Lipinski definition) is 4. The molecule has 0 bridgehead atoms. The van der Waals surface area contributed by atoms with Crippen LogP contribution in [0.4, 0.5) is 0 Å². The Morgan fingerprint density at radius 2 is 1.93 bits per heavy atom. The molecular weight excluding hydrogens is 338 g/mol. The standard InChI is InChI=1S/C22H27N3O2/c1-17-3-4-21-20(13-17)15-25(18(2)26)16-22(27-21)7-11-24(12-8-22)14-19-5-9-23-10-6-19/h3-6,9-10,13H,7-8,11-12,14-16H2,1-2H3. The molecule has 27 heavy (non-hydrogen) atoms. The molecule has 0 saturated carbocycles. The smallest absolute Gasteiger partial charge is 0.219 e. The van der Waals surface area contributed by atoms with Crippen LogP contribution in [-0.2, 0) is 17.9 Å². The number of carbonyl (C=O) groups excluding carboxylic acids is 1. The Kier molecular flexibility index (Phi) is 4.87. The molecule has 1 fully saturated rings. The van der Waals surface area contributed by atoms with Gasteiger partial charge in [0.05, 0.1) is 6.54 Å². The van der Waals surface area contributed by atoms with Crippen molar-refractivity contribution >= 4 is 5.91 Å². The highest BCUT2D eigenvalue weighted by atomic mass is 16.5. The Morgan fingerprint density at radius 3 is 2.63 bits per heavy atom. The third-order valence-electron chi connectivity index (χ3n) is 5.75. The van der Waals surface area contributed by atoms with Crippen LogP contribution in [0.3, 0.4) is 0 Å². The number of fused-ring (bicyclic) bond motifs is 1. The fourth-order valence-corrected chi connectivity index (χ4v) is 4.15. The highest BCUT2D eigenvalue weighted by molar-refractivity contribution is 5.73. The lowest BCUT2D eigenvalue weighted by Gasteiger charge is -2.42. The summed E-state index contributed by atoms with van der Waals surface area (Å²) in [5.74, 6) is 1.05. The van der Waals surface area contributed by atoms with Gasteiger partial charge in [-0.2, -0.15) is 0 Å². The van der Waals surface area contributed by atoms with E-state index in [9.17, 15) is 4.79 Å². The Labute approximate surface area is 161 Å². The molecule has 2 aliphatic rings. The van der Waals surface area contributed by atoms with Gasteiger partial charge in [0.15, 0.2) is 0 Å². The summed E-state index contributed by atoms with van der Waals surface area (Å²) in [6.07, 6.45) is 5.54. The molecule has 2 aromatic rings. The number of rotatable bonds is 2. The fourth-order valence-electron chi connectivity index (χ4n) is 4.15. The molecule has 1 aromatic heterocycles. The number of likely N-dealkylation sites (tertiary alicyclic amines) is 1. The number of hydrogen-bond donors (Lipinski definition) is 0. The van der Waals surface area contributed by atoms with Crippen molar-refractivity contribution in [1.29, 1.82) is 0 Å². The Hall–Kier alpha value is -2.40. The minimum atomic E-state index is -0.291. The number of ether oxygens (including phenoxy) is 1. The monoisotopic (exact) mass is 365 g/mol. The number of nitrogens with zero attached hydrogens (tertiary/aromatic N) is 3. The second-order valence-electron chi connectivity index (χ2n) is 7.90. The number of aryl methyl sites for hydroxylation is 1. The van der Waals surface area contributed by atoms with Gasteiger partial charge in [0.2, 0.25) is 5.91 Å². The first kappa shape index (κ1) is 18.0. The predicted molar refractivity (Wildman–Crippen MR) is 104 cm³/mol. The lowest BCUT2D eigenvalue weighted by atomic mass is 9.90. The van der Waals surface area contributed by atoms with E-state index in [2.05, 4.69) is 47.1 Å². The SMILES string of the molecule is CC(=O)N1Cc2cc(C)ccc2OC2(CCN(Cc3ccncc3)CC2)C1. The van der Waals surface area contributed by atoms with E-state index < -0.39 is 0 Å². The molecule has 3 heterocycles. The Balaban J connectivity index is 1.52.